The van der Waals surface area contributed by atoms with E-state index in [0.717, 1.165) is 17.6 Å². The van der Waals surface area contributed by atoms with Gasteiger partial charge in [0.05, 0.1) is 0 Å². The minimum Gasteiger partial charge on any atom is -0.0961 e. The molecule has 2 rings (SSSR count). The Labute approximate surface area is 172 Å². The molecule has 28 heavy (non-hydrogen) atoms. The van der Waals surface area contributed by atoms with Crippen LogP contribution in [0.4, 0.5) is 0 Å². The third-order valence-corrected chi connectivity index (χ3v) is 5.16. The smallest absolute Gasteiger partial charge is 0.0152 e. The molecule has 0 saturated heterocycles. The van der Waals surface area contributed by atoms with Gasteiger partial charge in [0.25, 0.3) is 0 Å². The number of allylic oxidation sites excluding steroid dienone is 6. The first-order valence-corrected chi connectivity index (χ1v) is 10.2. The van der Waals surface area contributed by atoms with Crippen LogP contribution in [0.3, 0.4) is 0 Å². The molecule has 1 unspecified atom stereocenters. The lowest BCUT2D eigenvalue weighted by molar-refractivity contribution is 0.605. The van der Waals surface area contributed by atoms with Gasteiger partial charge in [-0.15, -0.1) is 0 Å². The summed E-state index contributed by atoms with van der Waals surface area (Å²) in [5, 5.41) is 0. The number of rotatable bonds is 9. The zero-order valence-corrected chi connectivity index (χ0v) is 18.0. The fourth-order valence-electron chi connectivity index (χ4n) is 3.58. The van der Waals surface area contributed by atoms with E-state index in [0.29, 0.717) is 5.92 Å². The summed E-state index contributed by atoms with van der Waals surface area (Å²) >= 11 is 0. The van der Waals surface area contributed by atoms with Crippen LogP contribution in [0.5, 0.6) is 0 Å². The summed E-state index contributed by atoms with van der Waals surface area (Å²) < 4.78 is 0. The fourth-order valence-corrected chi connectivity index (χ4v) is 3.58. The highest BCUT2D eigenvalue weighted by atomic mass is 14.2. The van der Waals surface area contributed by atoms with Crippen LogP contribution in [0.15, 0.2) is 85.5 Å². The topological polar surface area (TPSA) is 0 Å². The second kappa shape index (κ2) is 10.7. The van der Waals surface area contributed by atoms with Crippen molar-refractivity contribution in [1.29, 1.82) is 0 Å². The van der Waals surface area contributed by atoms with Gasteiger partial charge in [-0.2, -0.15) is 0 Å². The Morgan fingerprint density at radius 3 is 2.36 bits per heavy atom. The summed E-state index contributed by atoms with van der Waals surface area (Å²) in [6.07, 6.45) is 12.0. The van der Waals surface area contributed by atoms with Crippen LogP contribution in [0.1, 0.15) is 50.3 Å². The van der Waals surface area contributed by atoms with Crippen LogP contribution in [0.2, 0.25) is 0 Å². The Balaban J connectivity index is 2.13. The lowest BCUT2D eigenvalue weighted by Gasteiger charge is -2.17. The molecule has 0 aliphatic heterocycles. The van der Waals surface area contributed by atoms with E-state index in [-0.39, 0.29) is 0 Å². The van der Waals surface area contributed by atoms with Crippen molar-refractivity contribution in [2.45, 2.75) is 47.0 Å². The molecule has 146 valence electrons. The third-order valence-electron chi connectivity index (χ3n) is 5.16. The van der Waals surface area contributed by atoms with E-state index in [1.54, 1.807) is 0 Å². The monoisotopic (exact) mass is 370 g/mol. The molecule has 2 aromatic rings. The van der Waals surface area contributed by atoms with Crippen molar-refractivity contribution < 1.29 is 0 Å². The SMILES string of the molecule is C=C(C)/C=C\C=C/C(C)CCCc1c(C(=C)C)ccc(-c2ccccc2)c1C. The van der Waals surface area contributed by atoms with E-state index in [1.165, 1.54) is 40.7 Å². The maximum Gasteiger partial charge on any atom is -0.0152 e. The molecule has 0 nitrogen and oxygen atoms in total. The average molecular weight is 371 g/mol. The van der Waals surface area contributed by atoms with Gasteiger partial charge in [0.15, 0.2) is 0 Å². The Hall–Kier alpha value is -2.60. The summed E-state index contributed by atoms with van der Waals surface area (Å²) in [6.45, 7) is 16.8. The first kappa shape index (κ1) is 21.7. The summed E-state index contributed by atoms with van der Waals surface area (Å²) in [4.78, 5) is 0. The normalized spacial score (nSPS) is 12.6. The van der Waals surface area contributed by atoms with Gasteiger partial charge >= 0.3 is 0 Å². The maximum atomic E-state index is 4.21. The largest absolute Gasteiger partial charge is 0.0961 e. The summed E-state index contributed by atoms with van der Waals surface area (Å²) in [5.41, 5.74) is 9.00. The molecule has 0 heterocycles. The van der Waals surface area contributed by atoms with Gasteiger partial charge in [-0.3, -0.25) is 0 Å². The van der Waals surface area contributed by atoms with E-state index in [1.807, 2.05) is 13.0 Å². The van der Waals surface area contributed by atoms with E-state index < -0.39 is 0 Å². The minimum absolute atomic E-state index is 0.570. The first-order chi connectivity index (χ1) is 13.4. The molecule has 0 bridgehead atoms. The standard InChI is InChI=1S/C28H34/c1-21(2)13-10-11-14-23(5)15-12-18-28-24(6)27(20-19-26(28)22(3)4)25-16-8-7-9-17-25/h7-11,13-14,16-17,19-20,23H,1,3,12,15,18H2,2,4-6H3/b13-10-,14-11-. The van der Waals surface area contributed by atoms with Crippen molar-refractivity contribution in [1.82, 2.24) is 0 Å². The predicted molar refractivity (Wildman–Crippen MR) is 127 cm³/mol. The lowest BCUT2D eigenvalue weighted by Crippen LogP contribution is -2.00. The predicted octanol–water partition coefficient (Wildman–Crippen LogP) is 8.34. The summed E-state index contributed by atoms with van der Waals surface area (Å²) in [5.74, 6) is 0.570. The number of hydrogen-bond acceptors (Lipinski definition) is 0. The molecule has 0 aliphatic carbocycles. The highest BCUT2D eigenvalue weighted by Crippen LogP contribution is 2.31. The van der Waals surface area contributed by atoms with Gasteiger partial charge in [0.1, 0.15) is 0 Å². The minimum atomic E-state index is 0.570. The van der Waals surface area contributed by atoms with Crippen LogP contribution in [0.25, 0.3) is 16.7 Å². The summed E-state index contributed by atoms with van der Waals surface area (Å²) in [6, 6.07) is 15.2. The van der Waals surface area contributed by atoms with E-state index in [9.17, 15) is 0 Å². The Morgan fingerprint density at radius 2 is 1.71 bits per heavy atom. The second-order valence-corrected chi connectivity index (χ2v) is 7.87. The lowest BCUT2D eigenvalue weighted by atomic mass is 9.87. The number of benzene rings is 2. The Morgan fingerprint density at radius 1 is 1.00 bits per heavy atom. The van der Waals surface area contributed by atoms with Crippen LogP contribution in [-0.2, 0) is 6.42 Å². The third kappa shape index (κ3) is 6.23. The molecule has 0 aliphatic rings. The van der Waals surface area contributed by atoms with Gasteiger partial charge in [0, 0.05) is 0 Å². The van der Waals surface area contributed by atoms with Crippen molar-refractivity contribution in [2.24, 2.45) is 5.92 Å². The first-order valence-electron chi connectivity index (χ1n) is 10.2. The van der Waals surface area contributed by atoms with Crippen molar-refractivity contribution in [3.63, 3.8) is 0 Å². The summed E-state index contributed by atoms with van der Waals surface area (Å²) in [7, 11) is 0. The zero-order valence-electron chi connectivity index (χ0n) is 18.0. The van der Waals surface area contributed by atoms with Crippen molar-refractivity contribution in [3.05, 3.63) is 102 Å². The van der Waals surface area contributed by atoms with E-state index >= 15 is 0 Å². The van der Waals surface area contributed by atoms with Gasteiger partial charge in [0.2, 0.25) is 0 Å². The molecular formula is C28H34. The molecule has 0 radical (unpaired) electrons. The van der Waals surface area contributed by atoms with Gasteiger partial charge in [-0.05, 0) is 73.8 Å². The van der Waals surface area contributed by atoms with Crippen molar-refractivity contribution in [2.75, 3.05) is 0 Å². The second-order valence-electron chi connectivity index (χ2n) is 7.87. The molecular weight excluding hydrogens is 336 g/mol. The van der Waals surface area contributed by atoms with Crippen molar-refractivity contribution >= 4 is 5.57 Å². The number of hydrogen-bond donors (Lipinski definition) is 0. The Kier molecular flexibility index (Phi) is 8.26. The zero-order chi connectivity index (χ0) is 20.5. The molecule has 0 amide bonds. The van der Waals surface area contributed by atoms with Crippen LogP contribution in [0, 0.1) is 12.8 Å². The molecule has 0 aromatic heterocycles. The van der Waals surface area contributed by atoms with Crippen LogP contribution >= 0.6 is 0 Å². The van der Waals surface area contributed by atoms with Crippen LogP contribution < -0.4 is 0 Å². The van der Waals surface area contributed by atoms with Gasteiger partial charge in [-0.1, -0.05) is 98.0 Å². The van der Waals surface area contributed by atoms with Gasteiger partial charge < -0.3 is 0 Å². The highest BCUT2D eigenvalue weighted by molar-refractivity contribution is 5.75. The molecule has 0 spiro atoms. The maximum absolute atomic E-state index is 4.21. The van der Waals surface area contributed by atoms with Crippen molar-refractivity contribution in [3.8, 4) is 11.1 Å². The van der Waals surface area contributed by atoms with E-state index in [2.05, 4.69) is 94.6 Å². The van der Waals surface area contributed by atoms with E-state index in [4.69, 9.17) is 0 Å². The molecule has 1 atom stereocenters. The molecule has 0 heteroatoms. The molecule has 0 fully saturated rings. The van der Waals surface area contributed by atoms with Crippen LogP contribution in [-0.4, -0.2) is 0 Å². The van der Waals surface area contributed by atoms with Gasteiger partial charge in [-0.25, -0.2) is 0 Å². The molecule has 0 saturated carbocycles. The Bertz CT molecular complexity index is 862. The molecule has 2 aromatic carbocycles. The quantitative estimate of drug-likeness (QED) is 0.389. The molecule has 0 N–H and O–H groups in total. The highest BCUT2D eigenvalue weighted by Gasteiger charge is 2.12. The average Bonchev–Trinajstić information content (AvgIpc) is 2.66. The fraction of sp³-hybridized carbons (Fsp3) is 0.286.